The van der Waals surface area contributed by atoms with Crippen LogP contribution >= 0.6 is 0 Å². The van der Waals surface area contributed by atoms with E-state index in [-0.39, 0.29) is 39.1 Å². The zero-order valence-corrected chi connectivity index (χ0v) is 17.8. The van der Waals surface area contributed by atoms with Gasteiger partial charge in [0.05, 0.1) is 0 Å². The van der Waals surface area contributed by atoms with E-state index in [0.29, 0.717) is 12.8 Å². The maximum Gasteiger partial charge on any atom is 2.00 e. The van der Waals surface area contributed by atoms with Crippen LogP contribution in [-0.2, 0) is 9.59 Å². The summed E-state index contributed by atoms with van der Waals surface area (Å²) in [7, 11) is 0. The molecule has 0 heterocycles. The van der Waals surface area contributed by atoms with E-state index in [0.717, 1.165) is 38.5 Å². The smallest absolute Gasteiger partial charge is 0.550 e. The molecule has 2 unspecified atom stereocenters. The molecule has 2 atom stereocenters. The first-order valence-electron chi connectivity index (χ1n) is 7.86. The van der Waals surface area contributed by atoms with E-state index in [1.54, 1.807) is 0 Å². The summed E-state index contributed by atoms with van der Waals surface area (Å²) in [5, 5.41) is 20.7. The summed E-state index contributed by atoms with van der Waals surface area (Å²) < 4.78 is 0. The van der Waals surface area contributed by atoms with Gasteiger partial charge in [0.15, 0.2) is 0 Å². The van der Waals surface area contributed by atoms with Crippen LogP contribution < -0.4 is 10.2 Å². The van der Waals surface area contributed by atoms with Gasteiger partial charge in [-0.05, 0) is 37.5 Å². The molecule has 0 spiro atoms. The van der Waals surface area contributed by atoms with E-state index in [2.05, 4.69) is 13.8 Å². The van der Waals surface area contributed by atoms with Crippen LogP contribution in [0.25, 0.3) is 0 Å². The Morgan fingerprint density at radius 2 is 1.05 bits per heavy atom. The van der Waals surface area contributed by atoms with Crippen molar-refractivity contribution < 1.29 is 19.8 Å². The Morgan fingerprint density at radius 3 is 1.19 bits per heavy atom. The maximum absolute atomic E-state index is 10.3. The van der Waals surface area contributed by atoms with Gasteiger partial charge >= 0.3 is 27.3 Å². The molecule has 2 radical (unpaired) electrons. The van der Waals surface area contributed by atoms with Gasteiger partial charge in [-0.15, -0.1) is 0 Å². The fraction of sp³-hybridized carbons (Fsp3) is 0.875. The first kappa shape index (κ1) is 25.8. The molecule has 4 nitrogen and oxygen atoms in total. The average molecular weight is 494 g/mol. The molecule has 122 valence electrons. The molecule has 0 aliphatic rings. The number of carbonyl (C=O) groups excluding carboxylic acids is 2. The van der Waals surface area contributed by atoms with Gasteiger partial charge in [0.2, 0.25) is 0 Å². The number of hydrogen-bond donors (Lipinski definition) is 0. The second kappa shape index (κ2) is 17.9. The van der Waals surface area contributed by atoms with E-state index in [9.17, 15) is 19.8 Å². The summed E-state index contributed by atoms with van der Waals surface area (Å²) >= 11 is 0. The second-order valence-electron chi connectivity index (χ2n) is 5.13. The van der Waals surface area contributed by atoms with Crippen LogP contribution in [0.2, 0.25) is 0 Å². The summed E-state index contributed by atoms with van der Waals surface area (Å²) in [6, 6.07) is 0. The predicted octanol–water partition coefficient (Wildman–Crippen LogP) is 1.52. The molecule has 0 aromatic heterocycles. The summed E-state index contributed by atoms with van der Waals surface area (Å²) in [6.45, 7) is 7.89. The summed E-state index contributed by atoms with van der Waals surface area (Å²) in [5.41, 5.74) is 0. The molecular formula is C16H30O4Pb. The van der Waals surface area contributed by atoms with Crippen LogP contribution in [0.3, 0.4) is 0 Å². The van der Waals surface area contributed by atoms with Gasteiger partial charge in [0, 0.05) is 11.9 Å². The van der Waals surface area contributed by atoms with Gasteiger partial charge in [0.1, 0.15) is 0 Å². The Labute approximate surface area is 149 Å². The molecule has 21 heavy (non-hydrogen) atoms. The Morgan fingerprint density at radius 1 is 0.762 bits per heavy atom. The Hall–Kier alpha value is -0.138. The van der Waals surface area contributed by atoms with E-state index in [1.165, 1.54) is 0 Å². The van der Waals surface area contributed by atoms with Crippen molar-refractivity contribution in [3.05, 3.63) is 0 Å². The molecule has 0 aliphatic heterocycles. The van der Waals surface area contributed by atoms with Crippen molar-refractivity contribution in [1.29, 1.82) is 0 Å². The van der Waals surface area contributed by atoms with Gasteiger partial charge in [0.25, 0.3) is 0 Å². The number of hydrogen-bond acceptors (Lipinski definition) is 4. The number of carboxylic acids is 2. The van der Waals surface area contributed by atoms with Gasteiger partial charge in [-0.2, -0.15) is 0 Å². The van der Waals surface area contributed by atoms with Crippen molar-refractivity contribution in [2.75, 3.05) is 0 Å². The van der Waals surface area contributed by atoms with Crippen LogP contribution in [0.1, 0.15) is 79.1 Å². The minimum absolute atomic E-state index is 0. The van der Waals surface area contributed by atoms with Crippen molar-refractivity contribution in [2.24, 2.45) is 11.8 Å². The quantitative estimate of drug-likeness (QED) is 0.433. The van der Waals surface area contributed by atoms with Crippen LogP contribution in [0, 0.1) is 11.8 Å². The Balaban J connectivity index is -0.000000295. The van der Waals surface area contributed by atoms with Crippen molar-refractivity contribution in [2.45, 2.75) is 79.1 Å². The number of unbranched alkanes of at least 4 members (excludes halogenated alkanes) is 2. The zero-order chi connectivity index (χ0) is 16.0. The van der Waals surface area contributed by atoms with Gasteiger partial charge < -0.3 is 19.8 Å². The van der Waals surface area contributed by atoms with Crippen molar-refractivity contribution in [3.63, 3.8) is 0 Å². The van der Waals surface area contributed by atoms with Gasteiger partial charge in [-0.3, -0.25) is 0 Å². The molecular weight excluding hydrogens is 463 g/mol. The molecule has 0 N–H and O–H groups in total. The number of rotatable bonds is 10. The third-order valence-corrected chi connectivity index (χ3v) is 3.46. The van der Waals surface area contributed by atoms with Crippen LogP contribution in [0.4, 0.5) is 0 Å². The molecule has 0 aromatic rings. The molecule has 0 bridgehead atoms. The van der Waals surface area contributed by atoms with E-state index < -0.39 is 11.9 Å². The predicted molar refractivity (Wildman–Crippen MR) is 82.4 cm³/mol. The van der Waals surface area contributed by atoms with Gasteiger partial charge in [-0.25, -0.2) is 0 Å². The normalized spacial score (nSPS) is 12.4. The molecule has 5 heteroatoms. The molecule has 0 saturated heterocycles. The monoisotopic (exact) mass is 494 g/mol. The summed E-state index contributed by atoms with van der Waals surface area (Å²) in [5.74, 6) is -2.23. The largest absolute Gasteiger partial charge is 2.00 e. The maximum atomic E-state index is 10.3. The molecule has 0 saturated carbocycles. The molecule has 0 amide bonds. The minimum atomic E-state index is -0.893. The summed E-state index contributed by atoms with van der Waals surface area (Å²) in [6.07, 6.45) is 7.04. The SMILES string of the molecule is CCCCC(CC)C(=O)[O-].CCCCC(CC)C(=O)[O-].[Pb+2]. The number of carbonyl (C=O) groups is 2. The van der Waals surface area contributed by atoms with Crippen LogP contribution in [0.15, 0.2) is 0 Å². The van der Waals surface area contributed by atoms with E-state index in [1.807, 2.05) is 13.8 Å². The Kier molecular flexibility index (Phi) is 22.0. The fourth-order valence-electron chi connectivity index (χ4n) is 1.88. The summed E-state index contributed by atoms with van der Waals surface area (Å²) in [4.78, 5) is 20.7. The molecule has 0 fully saturated rings. The first-order valence-corrected chi connectivity index (χ1v) is 7.86. The van der Waals surface area contributed by atoms with Crippen LogP contribution in [0.5, 0.6) is 0 Å². The topological polar surface area (TPSA) is 80.3 Å². The first-order chi connectivity index (χ1) is 9.44. The minimum Gasteiger partial charge on any atom is -0.550 e. The van der Waals surface area contributed by atoms with Gasteiger partial charge in [-0.1, -0.05) is 53.4 Å². The molecule has 0 aromatic carbocycles. The van der Waals surface area contributed by atoms with E-state index >= 15 is 0 Å². The third kappa shape index (κ3) is 16.1. The zero-order valence-electron chi connectivity index (χ0n) is 13.9. The molecule has 0 aliphatic carbocycles. The Bertz CT molecular complexity index is 231. The average Bonchev–Trinajstić information content (AvgIpc) is 2.40. The number of aliphatic carboxylic acids is 2. The van der Waals surface area contributed by atoms with Crippen molar-refractivity contribution in [3.8, 4) is 0 Å². The second-order valence-corrected chi connectivity index (χ2v) is 5.13. The third-order valence-electron chi connectivity index (χ3n) is 3.46. The molecule has 0 rings (SSSR count). The van der Waals surface area contributed by atoms with Crippen molar-refractivity contribution in [1.82, 2.24) is 0 Å². The van der Waals surface area contributed by atoms with Crippen molar-refractivity contribution >= 4 is 39.2 Å². The van der Waals surface area contributed by atoms with E-state index in [4.69, 9.17) is 0 Å². The number of carboxylic acid groups (broad SMARTS) is 2. The standard InChI is InChI=1S/2C8H16O2.Pb/c2*1-3-5-6-7(4-2)8(9)10;/h2*7H,3-6H2,1-2H3,(H,9,10);/q;;+2/p-2. The van der Waals surface area contributed by atoms with Crippen LogP contribution in [-0.4, -0.2) is 39.2 Å². The fourth-order valence-corrected chi connectivity index (χ4v) is 1.88.